The van der Waals surface area contributed by atoms with Gasteiger partial charge in [-0.05, 0) is 22.9 Å². The van der Waals surface area contributed by atoms with E-state index in [2.05, 4.69) is 39.1 Å². The van der Waals surface area contributed by atoms with Crippen molar-refractivity contribution in [1.29, 1.82) is 0 Å². The maximum atomic E-state index is 9.13. The van der Waals surface area contributed by atoms with E-state index in [0.29, 0.717) is 5.75 Å². The van der Waals surface area contributed by atoms with Crippen LogP contribution in [0.1, 0.15) is 13.8 Å². The average molecular weight is 583 g/mol. The summed E-state index contributed by atoms with van der Waals surface area (Å²) in [7, 11) is 0. The van der Waals surface area contributed by atoms with Gasteiger partial charge in [0.2, 0.25) is 0 Å². The molecule has 0 aromatic heterocycles. The molecule has 0 bridgehead atoms. The Hall–Kier alpha value is -1.10. The summed E-state index contributed by atoms with van der Waals surface area (Å²) in [6.45, 7) is 4.55. The largest absolute Gasteiger partial charge is 1.00 e. The van der Waals surface area contributed by atoms with E-state index in [1.807, 2.05) is 66.7 Å². The van der Waals surface area contributed by atoms with Gasteiger partial charge in [0.05, 0.1) is 0 Å². The van der Waals surface area contributed by atoms with Crippen LogP contribution in [0.15, 0.2) is 84.9 Å². The quantitative estimate of drug-likeness (QED) is 0.250. The molecule has 0 amide bonds. The number of benzene rings is 4. The van der Waals surface area contributed by atoms with Crippen LogP contribution in [0, 0.1) is 0 Å². The number of hydrogen-bond donors (Lipinski definition) is 1. The summed E-state index contributed by atoms with van der Waals surface area (Å²) in [4.78, 5) is 0. The third kappa shape index (κ3) is 8.53. The third-order valence-corrected chi connectivity index (χ3v) is 10.7. The normalized spacial score (nSPS) is 9.82. The predicted octanol–water partition coefficient (Wildman–Crippen LogP) is 3.14. The van der Waals surface area contributed by atoms with Gasteiger partial charge < -0.3 is 29.9 Å². The van der Waals surface area contributed by atoms with Crippen molar-refractivity contribution in [3.8, 4) is 5.75 Å². The van der Waals surface area contributed by atoms with Crippen molar-refractivity contribution in [2.45, 2.75) is 25.9 Å². The van der Waals surface area contributed by atoms with Crippen molar-refractivity contribution in [1.82, 2.24) is 0 Å². The van der Waals surface area contributed by atoms with Crippen molar-refractivity contribution < 1.29 is 49.1 Å². The fourth-order valence-electron chi connectivity index (χ4n) is 3.37. The van der Waals surface area contributed by atoms with Gasteiger partial charge in [0.15, 0.2) is 0 Å². The molecule has 0 aliphatic heterocycles. The van der Waals surface area contributed by atoms with Crippen molar-refractivity contribution in [2.75, 3.05) is 0 Å². The predicted molar refractivity (Wildman–Crippen MR) is 139 cm³/mol. The molecule has 0 aliphatic rings. The van der Waals surface area contributed by atoms with Gasteiger partial charge in [0.1, 0.15) is 5.75 Å². The van der Waals surface area contributed by atoms with Crippen LogP contribution in [-0.4, -0.2) is 11.3 Å². The van der Waals surface area contributed by atoms with Crippen LogP contribution >= 0.6 is 23.2 Å². The molecule has 0 aliphatic carbocycles. The molecule has 0 unspecified atom stereocenters. The molecule has 0 radical (unpaired) electrons. The van der Waals surface area contributed by atoms with Crippen molar-refractivity contribution >= 4 is 61.7 Å². The molecule has 5 aromatic rings. The van der Waals surface area contributed by atoms with Crippen LogP contribution in [0.2, 0.25) is 22.1 Å². The Morgan fingerprint density at radius 2 is 1.24 bits per heavy atom. The first-order chi connectivity index (χ1) is 15.4. The van der Waals surface area contributed by atoms with Gasteiger partial charge in [-0.1, -0.05) is 77.8 Å². The van der Waals surface area contributed by atoms with Gasteiger partial charge >= 0.3 is 51.3 Å². The van der Waals surface area contributed by atoms with E-state index >= 15 is 0 Å². The fraction of sp³-hybridized carbons (Fsp3) is 0.148. The van der Waals surface area contributed by atoms with Crippen molar-refractivity contribution in [2.24, 2.45) is 0 Å². The Balaban J connectivity index is 0.000000271. The van der Waals surface area contributed by atoms with E-state index in [0.717, 1.165) is 20.8 Å². The number of phenolic OH excluding ortho intramolecular Hbond substituents is 1. The van der Waals surface area contributed by atoms with Gasteiger partial charge in [0, 0.05) is 10.0 Å². The molecule has 1 N–H and O–H groups in total. The zero-order valence-electron chi connectivity index (χ0n) is 19.0. The molecule has 0 heterocycles. The molecule has 176 valence electrons. The van der Waals surface area contributed by atoms with Crippen LogP contribution in [0.3, 0.4) is 0 Å². The average Bonchev–Trinajstić information content (AvgIpc) is 3.16. The number of phenols is 1. The van der Waals surface area contributed by atoms with Crippen LogP contribution in [0.25, 0.3) is 32.3 Å². The minimum Gasteiger partial charge on any atom is -1.00 e. The van der Waals surface area contributed by atoms with E-state index in [1.54, 1.807) is 12.1 Å². The summed E-state index contributed by atoms with van der Waals surface area (Å²) in [5, 5.41) is 17.6. The van der Waals surface area contributed by atoms with Gasteiger partial charge in [0.25, 0.3) is 0 Å². The second kappa shape index (κ2) is 15.1. The maximum Gasteiger partial charge on any atom is 0.116 e. The van der Waals surface area contributed by atoms with E-state index in [9.17, 15) is 0 Å². The van der Waals surface area contributed by atoms with Crippen LogP contribution in [0.4, 0.5) is 0 Å². The Kier molecular flexibility index (Phi) is 13.7. The number of aromatic hydroxyl groups is 1. The molecule has 0 spiro atoms. The topological polar surface area (TPSA) is 20.2 Å². The number of hydrogen-bond acceptors (Lipinski definition) is 1. The molecule has 34 heavy (non-hydrogen) atoms. The molecular formula is C27H25Cl4OSiTi-. The second-order valence-corrected chi connectivity index (χ2v) is 14.3. The standard InChI is InChI=1S/C13H7Cl2.C10H8O.C4H10Si.2ClH.Ti/c14-10-3-1-8-5-9-2-4-11(15)7-13(9)12(8)6-10;11-10-6-5-8-3-1-2-4-9(8)7-10;1-3-5-4-2;;;/h1-7H;1-7,11H;3-4H2,1-2H3;2*1H;/q-1;;;;;+2/p-2. The summed E-state index contributed by atoms with van der Waals surface area (Å²) < 4.78 is 0. The number of fused-ring (bicyclic) bond motifs is 4. The monoisotopic (exact) mass is 581 g/mol. The third-order valence-electron chi connectivity index (χ3n) is 5.22. The van der Waals surface area contributed by atoms with Gasteiger partial charge in [-0.2, -0.15) is 0 Å². The molecule has 0 fully saturated rings. The Bertz CT molecular complexity index is 1300. The summed E-state index contributed by atoms with van der Waals surface area (Å²) >= 11 is 14.3. The fourth-order valence-corrected chi connectivity index (χ4v) is 4.21. The first kappa shape index (κ1) is 30.9. The molecule has 0 saturated carbocycles. The van der Waals surface area contributed by atoms with E-state index < -0.39 is 0 Å². The molecule has 0 saturated heterocycles. The first-order valence-corrected chi connectivity index (χ1v) is 15.6. The minimum absolute atomic E-state index is 0. The molecule has 0 atom stereocenters. The van der Waals surface area contributed by atoms with E-state index in [-0.39, 0.29) is 31.0 Å². The van der Waals surface area contributed by atoms with Crippen LogP contribution in [-0.2, 0) is 19.2 Å². The number of halogens is 4. The molecule has 5 aromatic carbocycles. The Labute approximate surface area is 235 Å². The Morgan fingerprint density at radius 3 is 1.71 bits per heavy atom. The van der Waals surface area contributed by atoms with Gasteiger partial charge in [-0.15, -0.1) is 39.7 Å². The maximum absolute atomic E-state index is 9.13. The van der Waals surface area contributed by atoms with E-state index in [1.165, 1.54) is 33.6 Å². The number of rotatable bonds is 2. The van der Waals surface area contributed by atoms with Crippen LogP contribution in [0.5, 0.6) is 5.75 Å². The first-order valence-electron chi connectivity index (χ1n) is 10.6. The minimum atomic E-state index is 0. The zero-order chi connectivity index (χ0) is 23.1. The summed E-state index contributed by atoms with van der Waals surface area (Å²) in [6, 6.07) is 30.2. The summed E-state index contributed by atoms with van der Waals surface area (Å²) in [5.74, 6) is 0.323. The molecular weight excluding hydrogens is 558 g/mol. The van der Waals surface area contributed by atoms with Crippen molar-refractivity contribution in [3.05, 3.63) is 95.0 Å². The second-order valence-electron chi connectivity index (χ2n) is 7.45. The van der Waals surface area contributed by atoms with Crippen molar-refractivity contribution in [3.63, 3.8) is 0 Å². The van der Waals surface area contributed by atoms with E-state index in [4.69, 9.17) is 28.3 Å². The Morgan fingerprint density at radius 1 is 0.735 bits per heavy atom. The zero-order valence-corrected chi connectivity index (χ0v) is 24.5. The van der Waals surface area contributed by atoms with Gasteiger partial charge in [-0.3, -0.25) is 0 Å². The summed E-state index contributed by atoms with van der Waals surface area (Å²) in [5.41, 5.74) is 0. The molecule has 1 nitrogen and oxygen atoms in total. The van der Waals surface area contributed by atoms with Gasteiger partial charge in [-0.25, -0.2) is 0 Å². The smallest absolute Gasteiger partial charge is 0.116 e. The molecule has 7 heteroatoms. The summed E-state index contributed by atoms with van der Waals surface area (Å²) in [6.07, 6.45) is 0.132. The molecule has 5 rings (SSSR count). The van der Waals surface area contributed by atoms with Crippen LogP contribution < -0.4 is 24.8 Å². The SMILES string of the molecule is CC[Si](=[Ti+2])CC.Clc1ccc2[cH-]c3ccc(Cl)cc3c2c1.Oc1ccc2ccccc2c1.[Cl-].[Cl-].